The van der Waals surface area contributed by atoms with Gasteiger partial charge in [-0.2, -0.15) is 13.2 Å². The molecule has 0 saturated heterocycles. The Labute approximate surface area is 160 Å². The van der Waals surface area contributed by atoms with Gasteiger partial charge in [0, 0.05) is 11.7 Å². The van der Waals surface area contributed by atoms with Crippen molar-refractivity contribution in [2.45, 2.75) is 41.6 Å². The lowest BCUT2D eigenvalue weighted by atomic mass is 10.2. The van der Waals surface area contributed by atoms with E-state index in [0.29, 0.717) is 15.5 Å². The average Bonchev–Trinajstić information content (AvgIpc) is 3.26. The lowest BCUT2D eigenvalue weighted by Gasteiger charge is -2.13. The number of benzene rings is 1. The molecule has 1 aliphatic rings. The monoisotopic (exact) mass is 422 g/mol. The quantitative estimate of drug-likeness (QED) is 0.648. The first kappa shape index (κ1) is 19.2. The fourth-order valence-electron chi connectivity index (χ4n) is 1.99. The van der Waals surface area contributed by atoms with E-state index in [1.165, 1.54) is 29.2 Å². The predicted octanol–water partition coefficient (Wildman–Crippen LogP) is 4.90. The van der Waals surface area contributed by atoms with Crippen LogP contribution < -0.4 is 10.6 Å². The molecular weight excluding hydrogens is 409 g/mol. The van der Waals surface area contributed by atoms with Crippen LogP contribution in [0.4, 0.5) is 24.0 Å². The third-order valence-corrected chi connectivity index (χ3v) is 5.87. The summed E-state index contributed by atoms with van der Waals surface area (Å²) in [6.07, 6.45) is -2.36. The number of carbonyl (C=O) groups excluding carboxylic acids is 1. The molecule has 0 radical (unpaired) electrons. The first-order chi connectivity index (χ1) is 12.2. The molecule has 2 aromatic rings. The molecule has 1 saturated carbocycles. The van der Waals surface area contributed by atoms with Crippen LogP contribution in [0.25, 0.3) is 0 Å². The highest BCUT2D eigenvalue weighted by Crippen LogP contribution is 2.36. The minimum atomic E-state index is -4.59. The van der Waals surface area contributed by atoms with Crippen molar-refractivity contribution in [1.82, 2.24) is 10.2 Å². The smallest absolute Gasteiger partial charge is 0.357 e. The highest BCUT2D eigenvalue weighted by molar-refractivity contribution is 8.02. The van der Waals surface area contributed by atoms with Crippen molar-refractivity contribution >= 4 is 51.4 Å². The second-order valence-electron chi connectivity index (χ2n) is 5.73. The maximum Gasteiger partial charge on any atom is 0.417 e. The summed E-state index contributed by atoms with van der Waals surface area (Å²) in [6.45, 7) is 1.65. The summed E-state index contributed by atoms with van der Waals surface area (Å²) in [5.74, 6) is -0.433. The highest BCUT2D eigenvalue weighted by atomic mass is 35.5. The van der Waals surface area contributed by atoms with Gasteiger partial charge in [0.25, 0.3) is 0 Å². The number of thioether (sulfide) groups is 1. The maximum absolute atomic E-state index is 12.9. The summed E-state index contributed by atoms with van der Waals surface area (Å²) in [5, 5.41) is 13.4. The Kier molecular flexibility index (Phi) is 5.64. The Hall–Kier alpha value is -1.52. The number of aromatic nitrogens is 2. The topological polar surface area (TPSA) is 66.9 Å². The summed E-state index contributed by atoms with van der Waals surface area (Å²) >= 11 is 8.11. The molecule has 1 fully saturated rings. The van der Waals surface area contributed by atoms with Crippen molar-refractivity contribution in [3.8, 4) is 0 Å². The van der Waals surface area contributed by atoms with Gasteiger partial charge in [-0.15, -0.1) is 10.2 Å². The van der Waals surface area contributed by atoms with Gasteiger partial charge in [-0.25, -0.2) is 0 Å². The van der Waals surface area contributed by atoms with E-state index in [9.17, 15) is 18.0 Å². The Morgan fingerprint density at radius 3 is 2.77 bits per heavy atom. The summed E-state index contributed by atoms with van der Waals surface area (Å²) in [4.78, 5) is 12.3. The van der Waals surface area contributed by atoms with E-state index in [4.69, 9.17) is 11.6 Å². The lowest BCUT2D eigenvalue weighted by Crippen LogP contribution is -2.22. The second kappa shape index (κ2) is 7.61. The lowest BCUT2D eigenvalue weighted by molar-refractivity contribution is -0.137. The Balaban J connectivity index is 1.61. The van der Waals surface area contributed by atoms with E-state index in [-0.39, 0.29) is 5.69 Å². The third-order valence-electron chi connectivity index (χ3n) is 3.50. The van der Waals surface area contributed by atoms with Crippen LogP contribution in [0.15, 0.2) is 22.5 Å². The van der Waals surface area contributed by atoms with E-state index in [0.717, 1.165) is 25.0 Å². The minimum Gasteiger partial charge on any atom is -0.357 e. The van der Waals surface area contributed by atoms with Crippen LogP contribution in [0.3, 0.4) is 0 Å². The third kappa shape index (κ3) is 5.01. The molecular formula is C15H14ClF3N4OS2. The van der Waals surface area contributed by atoms with Crippen LogP contribution in [0.1, 0.15) is 25.3 Å². The maximum atomic E-state index is 12.9. The number of hydrogen-bond acceptors (Lipinski definition) is 6. The number of carbonyl (C=O) groups is 1. The number of nitrogens with zero attached hydrogens (tertiary/aromatic N) is 2. The van der Waals surface area contributed by atoms with Crippen molar-refractivity contribution in [2.24, 2.45) is 0 Å². The molecule has 0 bridgehead atoms. The van der Waals surface area contributed by atoms with Crippen molar-refractivity contribution < 1.29 is 18.0 Å². The van der Waals surface area contributed by atoms with Crippen LogP contribution >= 0.6 is 34.7 Å². The van der Waals surface area contributed by atoms with Crippen molar-refractivity contribution in [3.63, 3.8) is 0 Å². The number of halogens is 4. The van der Waals surface area contributed by atoms with Crippen LogP contribution in [0, 0.1) is 0 Å². The zero-order valence-corrected chi connectivity index (χ0v) is 15.8. The standard InChI is InChI=1S/C15H14ClF3N4OS2/c1-7(25-14-23-22-13(26-14)21-8-2-3-8)12(24)20-9-4-5-11(16)10(6-9)15(17,18)19/h4-8H,2-3H2,1H3,(H,20,24)(H,21,22). The first-order valence-electron chi connectivity index (χ1n) is 7.66. The fourth-order valence-corrected chi connectivity index (χ4v) is 4.18. The molecule has 140 valence electrons. The predicted molar refractivity (Wildman–Crippen MR) is 97.0 cm³/mol. The zero-order chi connectivity index (χ0) is 18.9. The molecule has 26 heavy (non-hydrogen) atoms. The van der Waals surface area contributed by atoms with Crippen molar-refractivity contribution in [1.29, 1.82) is 0 Å². The van der Waals surface area contributed by atoms with Crippen molar-refractivity contribution in [3.05, 3.63) is 28.8 Å². The molecule has 1 amide bonds. The summed E-state index contributed by atoms with van der Waals surface area (Å²) in [6, 6.07) is 3.71. The molecule has 2 N–H and O–H groups in total. The molecule has 1 atom stereocenters. The number of hydrogen-bond donors (Lipinski definition) is 2. The molecule has 1 unspecified atom stereocenters. The number of anilines is 2. The summed E-state index contributed by atoms with van der Waals surface area (Å²) in [7, 11) is 0. The van der Waals surface area contributed by atoms with E-state index < -0.39 is 27.9 Å². The van der Waals surface area contributed by atoms with E-state index in [1.807, 2.05) is 0 Å². The number of alkyl halides is 3. The number of amides is 1. The van der Waals surface area contributed by atoms with E-state index in [1.54, 1.807) is 6.92 Å². The average molecular weight is 423 g/mol. The van der Waals surface area contributed by atoms with Gasteiger partial charge < -0.3 is 10.6 Å². The van der Waals surface area contributed by atoms with Crippen LogP contribution in [0.5, 0.6) is 0 Å². The van der Waals surface area contributed by atoms with Gasteiger partial charge in [-0.05, 0) is 38.0 Å². The molecule has 3 rings (SSSR count). The normalized spacial score (nSPS) is 15.6. The second-order valence-corrected chi connectivity index (χ2v) is 8.71. The van der Waals surface area contributed by atoms with Crippen LogP contribution in [0.2, 0.25) is 5.02 Å². The molecule has 1 aromatic carbocycles. The van der Waals surface area contributed by atoms with Gasteiger partial charge in [0.2, 0.25) is 11.0 Å². The van der Waals surface area contributed by atoms with Gasteiger partial charge in [0.15, 0.2) is 4.34 Å². The fraction of sp³-hybridized carbons (Fsp3) is 0.400. The molecule has 0 aliphatic heterocycles. The molecule has 1 heterocycles. The minimum absolute atomic E-state index is 0.0347. The SMILES string of the molecule is CC(Sc1nnc(NC2CC2)s1)C(=O)Nc1ccc(Cl)c(C(F)(F)F)c1. The van der Waals surface area contributed by atoms with Crippen LogP contribution in [-0.2, 0) is 11.0 Å². The van der Waals surface area contributed by atoms with Crippen LogP contribution in [-0.4, -0.2) is 27.4 Å². The zero-order valence-electron chi connectivity index (χ0n) is 13.4. The van der Waals surface area contributed by atoms with Gasteiger partial charge in [-0.3, -0.25) is 4.79 Å². The van der Waals surface area contributed by atoms with Gasteiger partial charge in [-0.1, -0.05) is 34.7 Å². The van der Waals surface area contributed by atoms with E-state index in [2.05, 4.69) is 20.8 Å². The first-order valence-corrected chi connectivity index (χ1v) is 9.74. The van der Waals surface area contributed by atoms with Gasteiger partial charge in [0.05, 0.1) is 15.8 Å². The molecule has 1 aromatic heterocycles. The summed E-state index contributed by atoms with van der Waals surface area (Å²) in [5.41, 5.74) is -0.954. The number of nitrogens with one attached hydrogen (secondary N) is 2. The van der Waals surface area contributed by atoms with E-state index >= 15 is 0 Å². The van der Waals surface area contributed by atoms with Crippen molar-refractivity contribution in [2.75, 3.05) is 10.6 Å². The number of rotatable bonds is 6. The highest BCUT2D eigenvalue weighted by Gasteiger charge is 2.33. The Bertz CT molecular complexity index is 810. The molecule has 11 heteroatoms. The molecule has 0 spiro atoms. The Morgan fingerprint density at radius 2 is 2.12 bits per heavy atom. The molecule has 1 aliphatic carbocycles. The largest absolute Gasteiger partial charge is 0.417 e. The van der Waals surface area contributed by atoms with Gasteiger partial charge in [0.1, 0.15) is 0 Å². The Morgan fingerprint density at radius 1 is 1.38 bits per heavy atom. The summed E-state index contributed by atoms with van der Waals surface area (Å²) < 4.78 is 39.3. The van der Waals surface area contributed by atoms with Gasteiger partial charge >= 0.3 is 6.18 Å². The molecule has 5 nitrogen and oxygen atoms in total.